The van der Waals surface area contributed by atoms with Crippen molar-refractivity contribution < 1.29 is 17.6 Å². The zero-order valence-electron chi connectivity index (χ0n) is 16.7. The summed E-state index contributed by atoms with van der Waals surface area (Å²) in [5.41, 5.74) is 1.90. The molecule has 1 fully saturated rings. The first-order chi connectivity index (χ1) is 13.9. The maximum Gasteiger partial charge on any atom is 0.243 e. The number of benzene rings is 2. The Bertz CT molecular complexity index is 951. The highest BCUT2D eigenvalue weighted by molar-refractivity contribution is 7.89. The van der Waals surface area contributed by atoms with Crippen molar-refractivity contribution in [1.82, 2.24) is 4.31 Å². The molecular weight excluding hydrogens is 391 g/mol. The van der Waals surface area contributed by atoms with E-state index in [0.717, 1.165) is 36.8 Å². The molecule has 1 aliphatic rings. The molecule has 0 saturated carbocycles. The Hall–Kier alpha value is -2.25. The molecule has 0 aliphatic carbocycles. The quantitative estimate of drug-likeness (QED) is 0.762. The van der Waals surface area contributed by atoms with E-state index >= 15 is 0 Å². The molecule has 0 unspecified atom stereocenters. The topological polar surface area (TPSA) is 66.5 Å². The second-order valence-electron chi connectivity index (χ2n) is 7.49. The van der Waals surface area contributed by atoms with Crippen molar-refractivity contribution in [2.45, 2.75) is 50.3 Å². The van der Waals surface area contributed by atoms with E-state index in [1.54, 1.807) is 40.7 Å². The van der Waals surface area contributed by atoms with E-state index in [2.05, 4.69) is 5.32 Å². The van der Waals surface area contributed by atoms with Gasteiger partial charge < -0.3 is 5.32 Å². The van der Waals surface area contributed by atoms with Crippen LogP contribution in [0.3, 0.4) is 0 Å². The van der Waals surface area contributed by atoms with Gasteiger partial charge in [0, 0.05) is 19.5 Å². The van der Waals surface area contributed by atoms with Gasteiger partial charge in [-0.2, -0.15) is 4.31 Å². The summed E-state index contributed by atoms with van der Waals surface area (Å²) in [6.07, 6.45) is 4.57. The summed E-state index contributed by atoms with van der Waals surface area (Å²) in [6, 6.07) is 11.3. The lowest BCUT2D eigenvalue weighted by molar-refractivity contribution is -0.116. The van der Waals surface area contributed by atoms with Crippen LogP contribution in [0.15, 0.2) is 47.4 Å². The number of carbonyl (C=O) groups excluding carboxylic acids is 1. The Labute approximate surface area is 172 Å². The molecule has 1 heterocycles. The molecule has 1 N–H and O–H groups in total. The van der Waals surface area contributed by atoms with Crippen molar-refractivity contribution in [3.63, 3.8) is 0 Å². The third kappa shape index (κ3) is 5.64. The number of hydrogen-bond donors (Lipinski definition) is 1. The molecule has 7 heteroatoms. The van der Waals surface area contributed by atoms with Gasteiger partial charge in [-0.05, 0) is 61.6 Å². The van der Waals surface area contributed by atoms with Crippen molar-refractivity contribution in [3.05, 3.63) is 59.4 Å². The molecule has 0 bridgehead atoms. The average Bonchev–Trinajstić information content (AvgIpc) is 3.00. The smallest absolute Gasteiger partial charge is 0.243 e. The lowest BCUT2D eigenvalue weighted by Gasteiger charge is -2.20. The highest BCUT2D eigenvalue weighted by Gasteiger charge is 2.24. The minimum atomic E-state index is -3.47. The molecule has 1 amide bonds. The van der Waals surface area contributed by atoms with Gasteiger partial charge in [0.05, 0.1) is 10.6 Å². The molecule has 29 heavy (non-hydrogen) atoms. The van der Waals surface area contributed by atoms with Crippen LogP contribution in [0, 0.1) is 12.7 Å². The molecule has 0 atom stereocenters. The van der Waals surface area contributed by atoms with Gasteiger partial charge in [0.2, 0.25) is 15.9 Å². The number of carbonyl (C=O) groups is 1. The van der Waals surface area contributed by atoms with Crippen LogP contribution in [0.4, 0.5) is 10.1 Å². The fraction of sp³-hybridized carbons (Fsp3) is 0.409. The van der Waals surface area contributed by atoms with Gasteiger partial charge in [0.25, 0.3) is 0 Å². The Kier molecular flexibility index (Phi) is 7.03. The van der Waals surface area contributed by atoms with E-state index in [1.807, 2.05) is 6.92 Å². The maximum atomic E-state index is 13.8. The SMILES string of the molecule is Cc1ccc(F)c(NC(=O)CCc2ccc(S(=O)(=O)N3CCCCCC3)cc2)c1. The largest absolute Gasteiger partial charge is 0.324 e. The summed E-state index contributed by atoms with van der Waals surface area (Å²) >= 11 is 0. The predicted molar refractivity (Wildman–Crippen MR) is 112 cm³/mol. The maximum absolute atomic E-state index is 13.8. The van der Waals surface area contributed by atoms with E-state index in [9.17, 15) is 17.6 Å². The first kappa shape index (κ1) is 21.5. The standard InChI is InChI=1S/C22H27FN2O3S/c1-17-6-12-20(23)21(16-17)24-22(26)13-9-18-7-10-19(11-8-18)29(27,28)25-14-4-2-3-5-15-25/h6-8,10-12,16H,2-5,9,13-15H2,1H3,(H,24,26). The summed E-state index contributed by atoms with van der Waals surface area (Å²) in [5.74, 6) is -0.747. The number of anilines is 1. The van der Waals surface area contributed by atoms with Crippen molar-refractivity contribution in [2.24, 2.45) is 0 Å². The Morgan fingerprint density at radius 2 is 1.69 bits per heavy atom. The van der Waals surface area contributed by atoms with Crippen molar-refractivity contribution >= 4 is 21.6 Å². The number of aryl methyl sites for hydroxylation is 2. The van der Waals surface area contributed by atoms with Gasteiger partial charge in [0.1, 0.15) is 5.82 Å². The van der Waals surface area contributed by atoms with E-state index in [-0.39, 0.29) is 22.9 Å². The highest BCUT2D eigenvalue weighted by atomic mass is 32.2. The summed E-state index contributed by atoms with van der Waals surface area (Å²) in [7, 11) is -3.47. The van der Waals surface area contributed by atoms with Crippen LogP contribution in [0.5, 0.6) is 0 Å². The zero-order valence-corrected chi connectivity index (χ0v) is 17.5. The lowest BCUT2D eigenvalue weighted by atomic mass is 10.1. The highest BCUT2D eigenvalue weighted by Crippen LogP contribution is 2.21. The van der Waals surface area contributed by atoms with Crippen LogP contribution in [0.2, 0.25) is 0 Å². The molecule has 2 aromatic rings. The molecule has 0 spiro atoms. The molecule has 5 nitrogen and oxygen atoms in total. The number of sulfonamides is 1. The van der Waals surface area contributed by atoms with Gasteiger partial charge in [0.15, 0.2) is 0 Å². The van der Waals surface area contributed by atoms with Crippen LogP contribution < -0.4 is 5.32 Å². The second-order valence-corrected chi connectivity index (χ2v) is 9.43. The second kappa shape index (κ2) is 9.50. The fourth-order valence-corrected chi connectivity index (χ4v) is 4.98. The minimum absolute atomic E-state index is 0.175. The third-order valence-corrected chi connectivity index (χ3v) is 7.08. The number of halogens is 1. The number of nitrogens with zero attached hydrogens (tertiary/aromatic N) is 1. The van der Waals surface area contributed by atoms with Gasteiger partial charge in [-0.1, -0.05) is 31.0 Å². The first-order valence-electron chi connectivity index (χ1n) is 10.0. The molecule has 1 saturated heterocycles. The van der Waals surface area contributed by atoms with Crippen LogP contribution >= 0.6 is 0 Å². The van der Waals surface area contributed by atoms with Gasteiger partial charge >= 0.3 is 0 Å². The number of rotatable bonds is 6. The number of hydrogen-bond acceptors (Lipinski definition) is 3. The molecule has 156 valence electrons. The van der Waals surface area contributed by atoms with E-state index in [4.69, 9.17) is 0 Å². The van der Waals surface area contributed by atoms with Crippen LogP contribution in [-0.2, 0) is 21.2 Å². The van der Waals surface area contributed by atoms with E-state index in [1.165, 1.54) is 6.07 Å². The summed E-state index contributed by atoms with van der Waals surface area (Å²) in [6.45, 7) is 2.97. The Morgan fingerprint density at radius 1 is 1.03 bits per heavy atom. The first-order valence-corrected chi connectivity index (χ1v) is 11.5. The van der Waals surface area contributed by atoms with Crippen molar-refractivity contribution in [2.75, 3.05) is 18.4 Å². The number of nitrogens with one attached hydrogen (secondary N) is 1. The zero-order chi connectivity index (χ0) is 20.9. The fourth-order valence-electron chi connectivity index (χ4n) is 3.46. The lowest BCUT2D eigenvalue weighted by Crippen LogP contribution is -2.31. The Balaban J connectivity index is 1.59. The third-order valence-electron chi connectivity index (χ3n) is 5.16. The summed E-state index contributed by atoms with van der Waals surface area (Å²) in [5, 5.41) is 2.59. The molecular formula is C22H27FN2O3S. The van der Waals surface area contributed by atoms with Gasteiger partial charge in [-0.25, -0.2) is 12.8 Å². The normalized spacial score (nSPS) is 15.7. The summed E-state index contributed by atoms with van der Waals surface area (Å²) in [4.78, 5) is 12.4. The average molecular weight is 419 g/mol. The minimum Gasteiger partial charge on any atom is -0.324 e. The monoisotopic (exact) mass is 418 g/mol. The van der Waals surface area contributed by atoms with Gasteiger partial charge in [-0.3, -0.25) is 4.79 Å². The summed E-state index contributed by atoms with van der Waals surface area (Å²) < 4.78 is 40.9. The molecule has 3 rings (SSSR count). The molecule has 2 aromatic carbocycles. The van der Waals surface area contributed by atoms with Crippen LogP contribution in [-0.4, -0.2) is 31.7 Å². The van der Waals surface area contributed by atoms with Gasteiger partial charge in [-0.15, -0.1) is 0 Å². The van der Waals surface area contributed by atoms with Crippen LogP contribution in [0.1, 0.15) is 43.2 Å². The van der Waals surface area contributed by atoms with Crippen molar-refractivity contribution in [3.8, 4) is 0 Å². The van der Waals surface area contributed by atoms with E-state index in [0.29, 0.717) is 19.5 Å². The van der Waals surface area contributed by atoms with E-state index < -0.39 is 15.8 Å². The molecule has 1 aliphatic heterocycles. The Morgan fingerprint density at radius 3 is 2.34 bits per heavy atom. The van der Waals surface area contributed by atoms with Crippen LogP contribution in [0.25, 0.3) is 0 Å². The van der Waals surface area contributed by atoms with Crippen molar-refractivity contribution in [1.29, 1.82) is 0 Å². The molecule has 0 radical (unpaired) electrons. The molecule has 0 aromatic heterocycles. The number of amides is 1. The predicted octanol–water partition coefficient (Wildman–Crippen LogP) is 4.27.